The maximum absolute atomic E-state index is 12.5. The Labute approximate surface area is 151 Å². The van der Waals surface area contributed by atoms with Gasteiger partial charge in [-0.3, -0.25) is 0 Å². The average molecular weight is 414 g/mol. The minimum Gasteiger partial charge on any atom is -0.394 e. The lowest BCUT2D eigenvalue weighted by Gasteiger charge is -2.17. The zero-order valence-corrected chi connectivity index (χ0v) is 15.8. The Hall–Kier alpha value is -1.25. The first kappa shape index (κ1) is 19.1. The number of nitrogens with zero attached hydrogens (tertiary/aromatic N) is 1. The van der Waals surface area contributed by atoms with Crippen molar-refractivity contribution >= 4 is 26.0 Å². The van der Waals surface area contributed by atoms with Crippen molar-refractivity contribution in [2.75, 3.05) is 33.4 Å². The summed E-state index contributed by atoms with van der Waals surface area (Å²) in [5, 5.41) is 8.65. The Morgan fingerprint density at radius 1 is 1.00 bits per heavy atom. The lowest BCUT2D eigenvalue weighted by Crippen LogP contribution is -2.30. The van der Waals surface area contributed by atoms with Crippen molar-refractivity contribution in [2.24, 2.45) is 0 Å². The van der Waals surface area contributed by atoms with Crippen LogP contribution >= 0.6 is 15.9 Å². The average Bonchev–Trinajstić information content (AvgIpc) is 2.59. The van der Waals surface area contributed by atoms with Crippen molar-refractivity contribution in [1.29, 1.82) is 0 Å². The van der Waals surface area contributed by atoms with Crippen LogP contribution in [0.3, 0.4) is 0 Å². The number of benzene rings is 2. The fourth-order valence-electron chi connectivity index (χ4n) is 2.12. The summed E-state index contributed by atoms with van der Waals surface area (Å²) < 4.78 is 32.4. The molecule has 130 valence electrons. The highest BCUT2D eigenvalue weighted by Crippen LogP contribution is 2.24. The highest BCUT2D eigenvalue weighted by molar-refractivity contribution is 9.10. The van der Waals surface area contributed by atoms with Gasteiger partial charge in [-0.15, -0.1) is 0 Å². The van der Waals surface area contributed by atoms with E-state index in [0.29, 0.717) is 0 Å². The van der Waals surface area contributed by atoms with Crippen LogP contribution in [0.5, 0.6) is 0 Å². The largest absolute Gasteiger partial charge is 0.394 e. The number of hydrogen-bond acceptors (Lipinski definition) is 4. The van der Waals surface area contributed by atoms with Crippen LogP contribution in [0, 0.1) is 0 Å². The molecule has 0 aliphatic carbocycles. The molecule has 1 N–H and O–H groups in total. The molecular weight excluding hydrogens is 394 g/mol. The molecule has 7 heteroatoms. The van der Waals surface area contributed by atoms with E-state index in [1.807, 2.05) is 24.3 Å². The van der Waals surface area contributed by atoms with Crippen LogP contribution in [0.4, 0.5) is 0 Å². The topological polar surface area (TPSA) is 66.8 Å². The predicted octanol–water partition coefficient (Wildman–Crippen LogP) is 2.75. The van der Waals surface area contributed by atoms with E-state index in [2.05, 4.69) is 15.9 Å². The maximum atomic E-state index is 12.5. The fourth-order valence-corrected chi connectivity index (χ4v) is 3.54. The summed E-state index contributed by atoms with van der Waals surface area (Å²) in [7, 11) is -2.03. The lowest BCUT2D eigenvalue weighted by atomic mass is 10.1. The summed E-state index contributed by atoms with van der Waals surface area (Å²) >= 11 is 3.39. The van der Waals surface area contributed by atoms with Gasteiger partial charge in [0.05, 0.1) is 24.7 Å². The van der Waals surface area contributed by atoms with Gasteiger partial charge in [0.2, 0.25) is 10.0 Å². The SMILES string of the molecule is CN(CCOCCO)S(=O)(=O)c1ccc(-c2ccc(Br)cc2)cc1. The number of rotatable bonds is 8. The molecule has 0 radical (unpaired) electrons. The highest BCUT2D eigenvalue weighted by atomic mass is 79.9. The van der Waals surface area contributed by atoms with E-state index in [9.17, 15) is 8.42 Å². The van der Waals surface area contributed by atoms with Gasteiger partial charge in [-0.2, -0.15) is 4.31 Å². The van der Waals surface area contributed by atoms with E-state index in [1.54, 1.807) is 24.3 Å². The number of halogens is 1. The van der Waals surface area contributed by atoms with Crippen molar-refractivity contribution in [1.82, 2.24) is 4.31 Å². The van der Waals surface area contributed by atoms with Crippen LogP contribution < -0.4 is 0 Å². The number of ether oxygens (including phenoxy) is 1. The van der Waals surface area contributed by atoms with Crippen molar-refractivity contribution in [3.8, 4) is 11.1 Å². The van der Waals surface area contributed by atoms with Crippen molar-refractivity contribution in [2.45, 2.75) is 4.90 Å². The van der Waals surface area contributed by atoms with E-state index < -0.39 is 10.0 Å². The van der Waals surface area contributed by atoms with Gasteiger partial charge in [0.15, 0.2) is 0 Å². The van der Waals surface area contributed by atoms with Crippen molar-refractivity contribution in [3.63, 3.8) is 0 Å². The van der Waals surface area contributed by atoms with Crippen molar-refractivity contribution in [3.05, 3.63) is 53.0 Å². The molecule has 24 heavy (non-hydrogen) atoms. The zero-order valence-electron chi connectivity index (χ0n) is 13.4. The smallest absolute Gasteiger partial charge is 0.242 e. The van der Waals surface area contributed by atoms with E-state index in [4.69, 9.17) is 9.84 Å². The Morgan fingerprint density at radius 2 is 1.54 bits per heavy atom. The Morgan fingerprint density at radius 3 is 2.08 bits per heavy atom. The van der Waals surface area contributed by atoms with Gasteiger partial charge in [-0.25, -0.2) is 8.42 Å². The van der Waals surface area contributed by atoms with Gasteiger partial charge < -0.3 is 9.84 Å². The molecule has 0 spiro atoms. The van der Waals surface area contributed by atoms with Crippen LogP contribution in [-0.2, 0) is 14.8 Å². The number of aliphatic hydroxyl groups excluding tert-OH is 1. The summed E-state index contributed by atoms with van der Waals surface area (Å²) in [6, 6.07) is 14.6. The van der Waals surface area contributed by atoms with Crippen LogP contribution in [0.2, 0.25) is 0 Å². The highest BCUT2D eigenvalue weighted by Gasteiger charge is 2.20. The van der Waals surface area contributed by atoms with Gasteiger partial charge in [-0.05, 0) is 35.4 Å². The molecule has 0 saturated carbocycles. The molecule has 0 aliphatic rings. The molecule has 2 aromatic rings. The molecule has 5 nitrogen and oxygen atoms in total. The normalized spacial score (nSPS) is 11.8. The first-order chi connectivity index (χ1) is 11.4. The third-order valence-corrected chi connectivity index (χ3v) is 5.93. The zero-order chi connectivity index (χ0) is 17.6. The molecule has 0 saturated heterocycles. The molecule has 0 unspecified atom stereocenters. The molecule has 0 amide bonds. The Kier molecular flexibility index (Phi) is 6.94. The van der Waals surface area contributed by atoms with Crippen LogP contribution in [0.25, 0.3) is 11.1 Å². The van der Waals surface area contributed by atoms with Crippen LogP contribution in [0.15, 0.2) is 57.9 Å². The first-order valence-electron chi connectivity index (χ1n) is 7.46. The molecule has 0 aromatic heterocycles. The van der Waals surface area contributed by atoms with Crippen molar-refractivity contribution < 1.29 is 18.3 Å². The second kappa shape index (κ2) is 8.73. The Bertz CT molecular complexity index is 745. The molecule has 0 heterocycles. The third kappa shape index (κ3) is 4.87. The van der Waals surface area contributed by atoms with E-state index in [1.165, 1.54) is 11.4 Å². The first-order valence-corrected chi connectivity index (χ1v) is 9.69. The summed E-state index contributed by atoms with van der Waals surface area (Å²) in [5.41, 5.74) is 1.98. The van der Waals surface area contributed by atoms with E-state index >= 15 is 0 Å². The fraction of sp³-hybridized carbons (Fsp3) is 0.294. The van der Waals surface area contributed by atoms with Crippen LogP contribution in [-0.4, -0.2) is 51.2 Å². The third-order valence-electron chi connectivity index (χ3n) is 3.53. The van der Waals surface area contributed by atoms with E-state index in [-0.39, 0.29) is 31.3 Å². The molecule has 0 bridgehead atoms. The lowest BCUT2D eigenvalue weighted by molar-refractivity contribution is 0.0876. The van der Waals surface area contributed by atoms with Gasteiger partial charge in [0.1, 0.15) is 0 Å². The summed E-state index contributed by atoms with van der Waals surface area (Å²) in [5.74, 6) is 0. The molecule has 2 aromatic carbocycles. The second-order valence-corrected chi connectivity index (χ2v) is 8.15. The molecule has 0 atom stereocenters. The minimum atomic E-state index is -3.55. The van der Waals surface area contributed by atoms with Gasteiger partial charge in [-0.1, -0.05) is 40.2 Å². The number of likely N-dealkylation sites (N-methyl/N-ethyl adjacent to an activating group) is 1. The van der Waals surface area contributed by atoms with Crippen LogP contribution in [0.1, 0.15) is 0 Å². The van der Waals surface area contributed by atoms with E-state index in [0.717, 1.165) is 15.6 Å². The summed E-state index contributed by atoms with van der Waals surface area (Å²) in [6.45, 7) is 0.605. The molecule has 2 rings (SSSR count). The maximum Gasteiger partial charge on any atom is 0.242 e. The monoisotopic (exact) mass is 413 g/mol. The summed E-state index contributed by atoms with van der Waals surface area (Å²) in [4.78, 5) is 0.244. The molecule has 0 fully saturated rings. The van der Waals surface area contributed by atoms with Gasteiger partial charge >= 0.3 is 0 Å². The minimum absolute atomic E-state index is 0.0754. The molecular formula is C17H20BrNO4S. The van der Waals surface area contributed by atoms with Gasteiger partial charge in [0.25, 0.3) is 0 Å². The second-order valence-electron chi connectivity index (χ2n) is 5.19. The summed E-state index contributed by atoms with van der Waals surface area (Å²) in [6.07, 6.45) is 0. The number of hydrogen-bond donors (Lipinski definition) is 1. The predicted molar refractivity (Wildman–Crippen MR) is 97.3 cm³/mol. The quantitative estimate of drug-likeness (QED) is 0.675. The Balaban J connectivity index is 2.09. The molecule has 0 aliphatic heterocycles. The number of sulfonamides is 1. The van der Waals surface area contributed by atoms with Gasteiger partial charge in [0, 0.05) is 18.1 Å². The number of aliphatic hydroxyl groups is 1. The standard InChI is InChI=1S/C17H20BrNO4S/c1-19(10-12-23-13-11-20)24(21,22)17-8-4-15(5-9-17)14-2-6-16(18)7-3-14/h2-9,20H,10-13H2,1H3.